The second-order valence-electron chi connectivity index (χ2n) is 9.57. The number of carbonyl (C=O) groups is 1. The highest BCUT2D eigenvalue weighted by atomic mass is 35.5. The van der Waals surface area contributed by atoms with Crippen molar-refractivity contribution in [2.45, 2.75) is 25.4 Å². The molecular formula is C28H23ClFN3O3S11. The van der Waals surface area contributed by atoms with Crippen LogP contribution in [0.5, 0.6) is 0 Å². The molecule has 3 heterocycles. The van der Waals surface area contributed by atoms with E-state index in [0.717, 1.165) is 46.1 Å². The summed E-state index contributed by atoms with van der Waals surface area (Å²) >= 11 is 15.5. The zero-order valence-electron chi connectivity index (χ0n) is 23.9. The lowest BCUT2D eigenvalue weighted by molar-refractivity contribution is 0.0842. The zero-order chi connectivity index (χ0) is 33.0. The molecule has 248 valence electrons. The first-order chi connectivity index (χ1) is 23.0. The van der Waals surface area contributed by atoms with Crippen LogP contribution in [0.3, 0.4) is 0 Å². The molecule has 0 saturated carbocycles. The minimum Gasteiger partial charge on any atom is -0.443 e. The molecule has 47 heavy (non-hydrogen) atoms. The van der Waals surface area contributed by atoms with Crippen LogP contribution in [0.1, 0.15) is 30.0 Å². The van der Waals surface area contributed by atoms with Gasteiger partial charge in [-0.05, 0) is 54.8 Å². The number of ether oxygens (including phenoxy) is 2. The van der Waals surface area contributed by atoms with E-state index in [9.17, 15) is 9.18 Å². The molecule has 0 amide bonds. The molecule has 0 bridgehead atoms. The number of hydrogen-bond acceptors (Lipinski definition) is 6. The van der Waals surface area contributed by atoms with Crippen LogP contribution in [0.4, 0.5) is 9.18 Å². The Morgan fingerprint density at radius 3 is 2.21 bits per heavy atom. The summed E-state index contributed by atoms with van der Waals surface area (Å²) in [6.45, 7) is 1.56. The van der Waals surface area contributed by atoms with E-state index in [2.05, 4.69) is 38.1 Å². The van der Waals surface area contributed by atoms with E-state index in [-0.39, 0.29) is 17.5 Å². The fourth-order valence-electron chi connectivity index (χ4n) is 4.96. The molecule has 6 rings (SSSR count). The minimum atomic E-state index is -0.539. The predicted octanol–water partition coefficient (Wildman–Crippen LogP) is 6.83. The quantitative estimate of drug-likeness (QED) is 0.198. The van der Waals surface area contributed by atoms with Crippen LogP contribution in [-0.4, -0.2) is 33.7 Å². The number of benzene rings is 3. The van der Waals surface area contributed by atoms with Gasteiger partial charge in [0.1, 0.15) is 12.4 Å². The predicted molar refractivity (Wildman–Crippen MR) is 217 cm³/mol. The maximum absolute atomic E-state index is 14.0. The number of halogens is 2. The summed E-state index contributed by atoms with van der Waals surface area (Å²) in [6, 6.07) is 20.4. The molecule has 0 spiro atoms. The van der Waals surface area contributed by atoms with E-state index in [1.165, 1.54) is 28.5 Å². The lowest BCUT2D eigenvalue weighted by Crippen LogP contribution is -2.16. The Morgan fingerprint density at radius 2 is 1.55 bits per heavy atom. The highest BCUT2D eigenvalue weighted by molar-refractivity contribution is 8.74. The van der Waals surface area contributed by atoms with Gasteiger partial charge in [-0.3, -0.25) is 0 Å². The van der Waals surface area contributed by atoms with E-state index in [1.807, 2.05) is 42.5 Å². The van der Waals surface area contributed by atoms with Crippen LogP contribution in [0.25, 0.3) is 27.5 Å². The Balaban J connectivity index is 0.000000340. The molecule has 0 unspecified atom stereocenters. The number of aromatic nitrogens is 3. The summed E-state index contributed by atoms with van der Waals surface area (Å²) in [4.78, 5) is 12.8. The molecule has 1 fully saturated rings. The van der Waals surface area contributed by atoms with Gasteiger partial charge in [0.15, 0.2) is 0 Å². The van der Waals surface area contributed by atoms with Crippen LogP contribution >= 0.6 is 11.6 Å². The summed E-state index contributed by atoms with van der Waals surface area (Å²) < 4.78 is 28.5. The number of nitrogens with zero attached hydrogens (tertiary/aromatic N) is 3. The van der Waals surface area contributed by atoms with Crippen LogP contribution < -0.4 is 0 Å². The van der Waals surface area contributed by atoms with Crippen molar-refractivity contribution in [1.29, 1.82) is 0 Å². The second-order valence-corrected chi connectivity index (χ2v) is 25.9. The van der Waals surface area contributed by atoms with E-state index in [1.54, 1.807) is 80.5 Å². The van der Waals surface area contributed by atoms with E-state index >= 15 is 0 Å². The monoisotopic (exact) mass is 855 g/mol. The smallest absolute Gasteiger partial charge is 0.435 e. The van der Waals surface area contributed by atoms with Gasteiger partial charge in [-0.15, -0.1) is 0 Å². The second kappa shape index (κ2) is 19.2. The molecule has 1 aliphatic heterocycles. The molecule has 0 radical (unpaired) electrons. The first-order valence-electron chi connectivity index (χ1n) is 13.5. The highest BCUT2D eigenvalue weighted by Gasteiger charge is 2.24. The number of hydrogen-bond donors (Lipinski definition) is 0. The van der Waals surface area contributed by atoms with Gasteiger partial charge in [0.25, 0.3) is 0 Å². The third-order valence-electron chi connectivity index (χ3n) is 6.92. The van der Waals surface area contributed by atoms with Crippen LogP contribution in [-0.2, 0) is 118 Å². The van der Waals surface area contributed by atoms with Crippen molar-refractivity contribution in [2.24, 2.45) is 0 Å². The Labute approximate surface area is 310 Å². The molecule has 0 N–H and O–H groups in total. The normalized spacial score (nSPS) is 12.7. The van der Waals surface area contributed by atoms with Crippen molar-refractivity contribution in [2.75, 3.05) is 13.2 Å². The number of rotatable bonds is 4. The zero-order valence-corrected chi connectivity index (χ0v) is 33.6. The van der Waals surface area contributed by atoms with Crippen molar-refractivity contribution in [1.82, 2.24) is 14.3 Å². The van der Waals surface area contributed by atoms with Crippen molar-refractivity contribution < 1.29 is 18.7 Å². The van der Waals surface area contributed by atoms with Gasteiger partial charge < -0.3 is 14.0 Å². The molecular weight excluding hydrogens is 834 g/mol. The van der Waals surface area contributed by atoms with Crippen molar-refractivity contribution in [3.63, 3.8) is 0 Å². The fourth-order valence-corrected chi connectivity index (χ4v) is 24.3. The molecule has 5 aromatic rings. The maximum Gasteiger partial charge on any atom is 0.435 e. The van der Waals surface area contributed by atoms with Gasteiger partial charge >= 0.3 is 6.09 Å². The molecule has 6 nitrogen and oxygen atoms in total. The average Bonchev–Trinajstić information content (AvgIpc) is 3.69. The highest BCUT2D eigenvalue weighted by Crippen LogP contribution is 2.36. The molecule has 0 aliphatic carbocycles. The topological polar surface area (TPSA) is 58.3 Å². The molecule has 0 atom stereocenters. The molecule has 1 aliphatic rings. The van der Waals surface area contributed by atoms with Crippen molar-refractivity contribution in [3.05, 3.63) is 95.0 Å². The van der Waals surface area contributed by atoms with Crippen LogP contribution in [0, 0.1) is 5.82 Å². The molecule has 19 heteroatoms. The van der Waals surface area contributed by atoms with E-state index in [4.69, 9.17) is 21.1 Å². The Hall–Kier alpha value is -1.26. The number of fused-ring (bicyclic) bond motifs is 2. The lowest BCUT2D eigenvalue weighted by Gasteiger charge is -2.24. The van der Waals surface area contributed by atoms with Crippen LogP contribution in [0.2, 0.25) is 5.02 Å². The minimum absolute atomic E-state index is 0.0716. The van der Waals surface area contributed by atoms with Gasteiger partial charge in [0, 0.05) is 144 Å². The summed E-state index contributed by atoms with van der Waals surface area (Å²) in [5, 5.41) is 6.11. The van der Waals surface area contributed by atoms with Gasteiger partial charge in [-0.2, -0.15) is 9.78 Å². The third-order valence-corrected chi connectivity index (χ3v) is 25.0. The lowest BCUT2D eigenvalue weighted by atomic mass is 9.96. The third kappa shape index (κ3) is 10.1. The first-order valence-corrected chi connectivity index (χ1v) is 27.2. The van der Waals surface area contributed by atoms with Gasteiger partial charge in [-0.1, -0.05) is 41.9 Å². The summed E-state index contributed by atoms with van der Waals surface area (Å²) in [5.41, 5.74) is 4.39. The maximum atomic E-state index is 14.0. The van der Waals surface area contributed by atoms with Gasteiger partial charge in [0.05, 0.1) is 22.3 Å². The first kappa shape index (κ1) is 37.0. The van der Waals surface area contributed by atoms with Crippen molar-refractivity contribution >= 4 is 142 Å². The van der Waals surface area contributed by atoms with Gasteiger partial charge in [-0.25, -0.2) is 9.18 Å². The van der Waals surface area contributed by atoms with E-state index in [0.29, 0.717) is 18.7 Å². The van der Waals surface area contributed by atoms with E-state index < -0.39 is 11.9 Å². The number of carbonyl (C=O) groups excluding carboxylic acids is 1. The molecule has 3 aromatic carbocycles. The summed E-state index contributed by atoms with van der Waals surface area (Å²) in [7, 11) is 14.5. The molecule has 2 aromatic heterocycles. The Bertz CT molecular complexity index is 2280. The fraction of sp³-hybridized carbons (Fsp3) is 0.214. The Kier molecular flexibility index (Phi) is 15.1. The average molecular weight is 857 g/mol. The largest absolute Gasteiger partial charge is 0.443 e. The summed E-state index contributed by atoms with van der Waals surface area (Å²) in [5.74, 6) is -0.174. The Morgan fingerprint density at radius 1 is 0.894 bits per heavy atom. The van der Waals surface area contributed by atoms with Crippen molar-refractivity contribution in [3.8, 4) is 5.69 Å². The van der Waals surface area contributed by atoms with Crippen LogP contribution in [0.15, 0.2) is 72.9 Å². The van der Waals surface area contributed by atoms with Gasteiger partial charge in [0.2, 0.25) is 0 Å². The molecule has 1 saturated heterocycles. The SMILES string of the molecule is O=C(OCc1ccccc1)n1ncc2cc3c(cc(C4CCOCC4)n3-c3ccc(F)c(Cl)c3)cc21.S=S=S=S=S=S=S=S=S=S=S. The summed E-state index contributed by atoms with van der Waals surface area (Å²) in [6.07, 6.45) is 2.90. The standard InChI is InChI=1S/C28H23ClFN3O3.S11/c29-23-15-22(6-7-24(23)30)32-25(19-8-10-35-11-9-19)12-20-13-27-21(14-26(20)32)16-31-33(27)28(34)36-17-18-4-2-1-3-5-18;1-3-5-7-9-11-10-8-6-4-2/h1-7,12-16,19H,8-11,17H2;.